The highest BCUT2D eigenvalue weighted by Gasteiger charge is 2.27. The van der Waals surface area contributed by atoms with E-state index in [2.05, 4.69) is 16.8 Å². The smallest absolute Gasteiger partial charge is 0.257 e. The normalized spacial score (nSPS) is 14.4. The zero-order chi connectivity index (χ0) is 16.6. The van der Waals surface area contributed by atoms with Crippen LogP contribution in [0.1, 0.15) is 28.7 Å². The Bertz CT molecular complexity index is 832. The van der Waals surface area contributed by atoms with Crippen LogP contribution in [0.25, 0.3) is 5.69 Å². The summed E-state index contributed by atoms with van der Waals surface area (Å²) in [5.74, 6) is 5.91. The molecule has 1 aliphatic rings. The fourth-order valence-electron chi connectivity index (χ4n) is 2.48. The van der Waals surface area contributed by atoms with Crippen molar-refractivity contribution < 1.29 is 9.53 Å². The number of hydrogen-bond donors (Lipinski definition) is 0. The first-order chi connectivity index (χ1) is 11.0. The van der Waals surface area contributed by atoms with Crippen LogP contribution in [-0.4, -0.2) is 40.6 Å². The number of methoxy groups -OCH3 is 1. The molecule has 0 bridgehead atoms. The molecular formula is C17H16ClN3O2. The number of halogens is 1. The molecule has 1 atom stereocenters. The van der Waals surface area contributed by atoms with E-state index < -0.39 is 0 Å². The lowest BCUT2D eigenvalue weighted by atomic mass is 10.1. The van der Waals surface area contributed by atoms with Gasteiger partial charge in [-0.25, -0.2) is 4.98 Å². The van der Waals surface area contributed by atoms with Gasteiger partial charge in [-0.1, -0.05) is 23.6 Å². The molecule has 1 aliphatic heterocycles. The van der Waals surface area contributed by atoms with Crippen LogP contribution in [0.4, 0.5) is 0 Å². The zero-order valence-corrected chi connectivity index (χ0v) is 13.9. The van der Waals surface area contributed by atoms with Crippen LogP contribution in [0, 0.1) is 11.8 Å². The first-order valence-corrected chi connectivity index (χ1v) is 7.55. The molecule has 6 heteroatoms. The molecule has 118 valence electrons. The van der Waals surface area contributed by atoms with E-state index in [0.29, 0.717) is 22.8 Å². The van der Waals surface area contributed by atoms with Crippen molar-refractivity contribution in [3.05, 3.63) is 46.5 Å². The van der Waals surface area contributed by atoms with Crippen LogP contribution in [0.2, 0.25) is 5.02 Å². The molecule has 1 unspecified atom stereocenters. The van der Waals surface area contributed by atoms with E-state index in [1.807, 2.05) is 23.6 Å². The van der Waals surface area contributed by atoms with Crippen molar-refractivity contribution in [2.75, 3.05) is 14.2 Å². The van der Waals surface area contributed by atoms with Crippen LogP contribution in [0.3, 0.4) is 0 Å². The summed E-state index contributed by atoms with van der Waals surface area (Å²) in [6.45, 7) is 2.28. The number of carbonyl (C=O) groups is 1. The second-order valence-corrected chi connectivity index (χ2v) is 5.76. The van der Waals surface area contributed by atoms with Gasteiger partial charge in [0.2, 0.25) is 0 Å². The zero-order valence-electron chi connectivity index (χ0n) is 13.1. The predicted molar refractivity (Wildman–Crippen MR) is 87.7 cm³/mol. The molecule has 2 aromatic rings. The average Bonchev–Trinajstić information content (AvgIpc) is 2.89. The standard InChI is InChI=1S/C17H16ClN3O2/c1-11(23-3)7-8-13-15-9-20(2)17(22)16-12(18)5-4-6-14(16)21(15)10-19-13/h4-6,10-11H,9H2,1-3H3. The van der Waals surface area contributed by atoms with Crippen molar-refractivity contribution in [3.63, 3.8) is 0 Å². The van der Waals surface area contributed by atoms with E-state index in [1.54, 1.807) is 31.5 Å². The number of ether oxygens (including phenoxy) is 1. The fraction of sp³-hybridized carbons (Fsp3) is 0.294. The summed E-state index contributed by atoms with van der Waals surface area (Å²) in [6.07, 6.45) is 1.50. The SMILES string of the molecule is COC(C)C#Cc1ncn2c1CN(C)C(=O)c1c(Cl)cccc1-2. The van der Waals surface area contributed by atoms with Gasteiger partial charge in [-0.2, -0.15) is 0 Å². The third-order valence-corrected chi connectivity index (χ3v) is 4.13. The van der Waals surface area contributed by atoms with Gasteiger partial charge in [-0.15, -0.1) is 0 Å². The topological polar surface area (TPSA) is 47.4 Å². The lowest BCUT2D eigenvalue weighted by molar-refractivity contribution is 0.0788. The number of amides is 1. The highest BCUT2D eigenvalue weighted by Crippen LogP contribution is 2.30. The minimum absolute atomic E-state index is 0.113. The molecule has 1 amide bonds. The molecule has 23 heavy (non-hydrogen) atoms. The monoisotopic (exact) mass is 329 g/mol. The minimum Gasteiger partial charge on any atom is -0.369 e. The fourth-order valence-corrected chi connectivity index (χ4v) is 2.73. The molecule has 0 fully saturated rings. The molecule has 2 heterocycles. The van der Waals surface area contributed by atoms with Gasteiger partial charge < -0.3 is 9.64 Å². The lowest BCUT2D eigenvalue weighted by Crippen LogP contribution is -2.25. The summed E-state index contributed by atoms with van der Waals surface area (Å²) >= 11 is 6.24. The van der Waals surface area contributed by atoms with Crippen molar-refractivity contribution in [2.45, 2.75) is 19.6 Å². The largest absolute Gasteiger partial charge is 0.369 e. The molecule has 1 aromatic carbocycles. The minimum atomic E-state index is -0.181. The molecular weight excluding hydrogens is 314 g/mol. The Labute approximate surface area is 139 Å². The maximum absolute atomic E-state index is 12.6. The van der Waals surface area contributed by atoms with Gasteiger partial charge in [-0.05, 0) is 25.0 Å². The molecule has 0 spiro atoms. The van der Waals surface area contributed by atoms with Gasteiger partial charge >= 0.3 is 0 Å². The quantitative estimate of drug-likeness (QED) is 0.755. The van der Waals surface area contributed by atoms with E-state index >= 15 is 0 Å². The molecule has 5 nitrogen and oxygen atoms in total. The highest BCUT2D eigenvalue weighted by atomic mass is 35.5. The lowest BCUT2D eigenvalue weighted by Gasteiger charge is -2.14. The Hall–Kier alpha value is -2.29. The van der Waals surface area contributed by atoms with Gasteiger partial charge in [0.05, 0.1) is 28.5 Å². The first-order valence-electron chi connectivity index (χ1n) is 7.17. The number of fused-ring (bicyclic) bond motifs is 3. The summed E-state index contributed by atoms with van der Waals surface area (Å²) < 4.78 is 7.02. The van der Waals surface area contributed by atoms with Gasteiger partial charge in [0, 0.05) is 14.2 Å². The third kappa shape index (κ3) is 2.72. The predicted octanol–water partition coefficient (Wildman–Crippen LogP) is 2.50. The van der Waals surface area contributed by atoms with E-state index in [1.165, 1.54) is 0 Å². The Morgan fingerprint density at radius 3 is 2.96 bits per heavy atom. The summed E-state index contributed by atoms with van der Waals surface area (Å²) in [4.78, 5) is 18.6. The maximum atomic E-state index is 12.6. The summed E-state index contributed by atoms with van der Waals surface area (Å²) in [6, 6.07) is 5.40. The van der Waals surface area contributed by atoms with E-state index in [9.17, 15) is 4.79 Å². The van der Waals surface area contributed by atoms with Crippen molar-refractivity contribution >= 4 is 17.5 Å². The second kappa shape index (κ2) is 6.07. The Morgan fingerprint density at radius 1 is 1.43 bits per heavy atom. The number of nitrogens with zero attached hydrogens (tertiary/aromatic N) is 3. The van der Waals surface area contributed by atoms with Gasteiger partial charge in [-0.3, -0.25) is 9.36 Å². The van der Waals surface area contributed by atoms with Crippen molar-refractivity contribution in [2.24, 2.45) is 0 Å². The van der Waals surface area contributed by atoms with Crippen LogP contribution in [0.15, 0.2) is 24.5 Å². The number of aromatic nitrogens is 2. The Morgan fingerprint density at radius 2 is 2.22 bits per heavy atom. The van der Waals surface area contributed by atoms with Crippen molar-refractivity contribution in [1.82, 2.24) is 14.5 Å². The summed E-state index contributed by atoms with van der Waals surface area (Å²) in [5.41, 5.74) is 2.71. The molecule has 0 saturated carbocycles. The van der Waals surface area contributed by atoms with Crippen LogP contribution in [0.5, 0.6) is 0 Å². The molecule has 0 saturated heterocycles. The Balaban J connectivity index is 2.17. The number of rotatable bonds is 1. The van der Waals surface area contributed by atoms with E-state index in [0.717, 1.165) is 11.4 Å². The Kier molecular flexibility index (Phi) is 4.12. The number of benzene rings is 1. The van der Waals surface area contributed by atoms with Crippen LogP contribution < -0.4 is 0 Å². The van der Waals surface area contributed by atoms with E-state index in [4.69, 9.17) is 16.3 Å². The maximum Gasteiger partial charge on any atom is 0.257 e. The van der Waals surface area contributed by atoms with Crippen molar-refractivity contribution in [3.8, 4) is 17.5 Å². The molecule has 1 aromatic heterocycles. The molecule has 3 rings (SSSR count). The molecule has 0 aliphatic carbocycles. The second-order valence-electron chi connectivity index (χ2n) is 5.35. The summed E-state index contributed by atoms with van der Waals surface area (Å²) in [7, 11) is 3.35. The first kappa shape index (κ1) is 15.6. The number of imidazole rings is 1. The number of carbonyl (C=O) groups excluding carboxylic acids is 1. The summed E-state index contributed by atoms with van der Waals surface area (Å²) in [5, 5.41) is 0.432. The van der Waals surface area contributed by atoms with Gasteiger partial charge in [0.15, 0.2) is 0 Å². The number of hydrogen-bond acceptors (Lipinski definition) is 3. The van der Waals surface area contributed by atoms with Crippen LogP contribution >= 0.6 is 11.6 Å². The molecule has 0 N–H and O–H groups in total. The third-order valence-electron chi connectivity index (χ3n) is 3.81. The van der Waals surface area contributed by atoms with Crippen LogP contribution in [-0.2, 0) is 11.3 Å². The van der Waals surface area contributed by atoms with Gasteiger partial charge in [0.25, 0.3) is 5.91 Å². The average molecular weight is 330 g/mol. The van der Waals surface area contributed by atoms with Crippen molar-refractivity contribution in [1.29, 1.82) is 0 Å². The van der Waals surface area contributed by atoms with Gasteiger partial charge in [0.1, 0.15) is 18.1 Å². The molecule has 0 radical (unpaired) electrons. The van der Waals surface area contributed by atoms with E-state index in [-0.39, 0.29) is 12.0 Å². The highest BCUT2D eigenvalue weighted by molar-refractivity contribution is 6.34.